The molecule has 0 amide bonds. The number of aromatic nitrogens is 3. The maximum absolute atomic E-state index is 10.7. The molecule has 0 aromatic carbocycles. The summed E-state index contributed by atoms with van der Waals surface area (Å²) in [4.78, 5) is 19.4. The fraction of sp³-hybridized carbons (Fsp3) is 0.500. The smallest absolute Gasteiger partial charge is 0.303 e. The van der Waals surface area contributed by atoms with Crippen molar-refractivity contribution in [2.24, 2.45) is 13.0 Å². The third-order valence-electron chi connectivity index (χ3n) is 3.12. The third kappa shape index (κ3) is 2.92. The number of nitrogens with zero attached hydrogens (tertiary/aromatic N) is 3. The predicted molar refractivity (Wildman–Crippen MR) is 73.0 cm³/mol. The zero-order valence-corrected chi connectivity index (χ0v) is 11.6. The number of hydrogen-bond acceptors (Lipinski definition) is 3. The monoisotopic (exact) mass is 261 g/mol. The van der Waals surface area contributed by atoms with Crippen LogP contribution >= 0.6 is 0 Å². The van der Waals surface area contributed by atoms with Crippen LogP contribution in [-0.2, 0) is 24.7 Å². The van der Waals surface area contributed by atoms with E-state index >= 15 is 0 Å². The molecule has 0 aliphatic rings. The normalized spacial score (nSPS) is 11.4. The van der Waals surface area contributed by atoms with E-state index in [0.29, 0.717) is 12.3 Å². The van der Waals surface area contributed by atoms with Gasteiger partial charge in [0.05, 0.1) is 5.69 Å². The van der Waals surface area contributed by atoms with Crippen molar-refractivity contribution in [2.75, 3.05) is 0 Å². The van der Waals surface area contributed by atoms with Crippen molar-refractivity contribution in [3.8, 4) is 0 Å². The fourth-order valence-corrected chi connectivity index (χ4v) is 2.34. The van der Waals surface area contributed by atoms with E-state index in [9.17, 15) is 4.79 Å². The Bertz CT molecular complexity index is 602. The average Bonchev–Trinajstić information content (AvgIpc) is 2.64. The molecular weight excluding hydrogens is 242 g/mol. The van der Waals surface area contributed by atoms with Gasteiger partial charge in [-0.25, -0.2) is 9.97 Å². The van der Waals surface area contributed by atoms with Gasteiger partial charge in [-0.1, -0.05) is 13.8 Å². The molecule has 5 heteroatoms. The lowest BCUT2D eigenvalue weighted by molar-refractivity contribution is -0.136. The third-order valence-corrected chi connectivity index (χ3v) is 3.12. The second-order valence-electron chi connectivity index (χ2n) is 5.28. The zero-order valence-electron chi connectivity index (χ0n) is 11.6. The van der Waals surface area contributed by atoms with Crippen LogP contribution in [0.5, 0.6) is 0 Å². The summed E-state index contributed by atoms with van der Waals surface area (Å²) in [6, 6.07) is 0. The van der Waals surface area contributed by atoms with Gasteiger partial charge in [-0.3, -0.25) is 4.79 Å². The molecule has 0 fully saturated rings. The highest BCUT2D eigenvalue weighted by atomic mass is 16.4. The Morgan fingerprint density at radius 2 is 2.16 bits per heavy atom. The second kappa shape index (κ2) is 5.38. The Labute approximate surface area is 112 Å². The van der Waals surface area contributed by atoms with Crippen LogP contribution < -0.4 is 0 Å². The van der Waals surface area contributed by atoms with E-state index in [1.165, 1.54) is 0 Å². The van der Waals surface area contributed by atoms with Crippen LogP contribution in [-0.4, -0.2) is 25.6 Å². The van der Waals surface area contributed by atoms with Gasteiger partial charge in [0.15, 0.2) is 0 Å². The van der Waals surface area contributed by atoms with E-state index in [2.05, 4.69) is 23.8 Å². The van der Waals surface area contributed by atoms with Gasteiger partial charge in [-0.05, 0) is 24.3 Å². The highest BCUT2D eigenvalue weighted by molar-refractivity contribution is 5.83. The Hall–Kier alpha value is -1.91. The fourth-order valence-electron chi connectivity index (χ4n) is 2.34. The summed E-state index contributed by atoms with van der Waals surface area (Å²) in [5.41, 5.74) is 2.92. The van der Waals surface area contributed by atoms with Crippen molar-refractivity contribution in [1.29, 1.82) is 0 Å². The van der Waals surface area contributed by atoms with Crippen LogP contribution in [0.25, 0.3) is 11.0 Å². The van der Waals surface area contributed by atoms with Crippen LogP contribution in [0.1, 0.15) is 31.5 Å². The van der Waals surface area contributed by atoms with Gasteiger partial charge < -0.3 is 9.67 Å². The topological polar surface area (TPSA) is 68.0 Å². The number of rotatable bonds is 5. The van der Waals surface area contributed by atoms with E-state index < -0.39 is 5.97 Å². The summed E-state index contributed by atoms with van der Waals surface area (Å²) >= 11 is 0. The van der Waals surface area contributed by atoms with Gasteiger partial charge in [0.1, 0.15) is 12.0 Å². The Balaban J connectivity index is 2.48. The molecule has 19 heavy (non-hydrogen) atoms. The molecule has 1 N–H and O–H groups in total. The summed E-state index contributed by atoms with van der Waals surface area (Å²) in [7, 11) is 1.93. The highest BCUT2D eigenvalue weighted by Gasteiger charge is 2.14. The van der Waals surface area contributed by atoms with Crippen LogP contribution in [0, 0.1) is 5.92 Å². The molecule has 2 aromatic heterocycles. The largest absolute Gasteiger partial charge is 0.481 e. The lowest BCUT2D eigenvalue weighted by Gasteiger charge is -2.07. The Kier molecular flexibility index (Phi) is 3.83. The van der Waals surface area contributed by atoms with Crippen molar-refractivity contribution in [3.63, 3.8) is 0 Å². The molecule has 102 valence electrons. The minimum Gasteiger partial charge on any atom is -0.481 e. The molecule has 0 bridgehead atoms. The zero-order chi connectivity index (χ0) is 14.0. The Morgan fingerprint density at radius 1 is 1.42 bits per heavy atom. The maximum Gasteiger partial charge on any atom is 0.303 e. The number of carboxylic acids is 1. The first kappa shape index (κ1) is 13.5. The van der Waals surface area contributed by atoms with Gasteiger partial charge >= 0.3 is 5.97 Å². The minimum absolute atomic E-state index is 0.134. The standard InChI is InChI=1S/C14H19N3O2/c1-9(2)6-11-13-10(4-5-12(18)19)7-17(3)14(13)16-8-15-11/h7-9H,4-6H2,1-3H3,(H,18,19). The van der Waals surface area contributed by atoms with E-state index in [1.807, 2.05) is 17.8 Å². The predicted octanol–water partition coefficient (Wildman–Crippen LogP) is 2.18. The SMILES string of the molecule is CC(C)Cc1ncnc2c1c(CCC(=O)O)cn2C. The van der Waals surface area contributed by atoms with E-state index in [4.69, 9.17) is 5.11 Å². The molecule has 0 saturated heterocycles. The van der Waals surface area contributed by atoms with E-state index in [1.54, 1.807) is 6.33 Å². The quantitative estimate of drug-likeness (QED) is 0.895. The summed E-state index contributed by atoms with van der Waals surface area (Å²) in [6.07, 6.45) is 5.08. The molecule has 0 spiro atoms. The van der Waals surface area contributed by atoms with Crippen LogP contribution in [0.15, 0.2) is 12.5 Å². The van der Waals surface area contributed by atoms with E-state index in [0.717, 1.165) is 28.7 Å². The number of carbonyl (C=O) groups is 1. The van der Waals surface area contributed by atoms with Gasteiger partial charge in [-0.15, -0.1) is 0 Å². The summed E-state index contributed by atoms with van der Waals surface area (Å²) < 4.78 is 1.94. The van der Waals surface area contributed by atoms with Gasteiger partial charge in [0.2, 0.25) is 0 Å². The van der Waals surface area contributed by atoms with Crippen LogP contribution in [0.4, 0.5) is 0 Å². The van der Waals surface area contributed by atoms with Gasteiger partial charge in [0.25, 0.3) is 0 Å². The molecule has 2 aromatic rings. The molecule has 2 heterocycles. The highest BCUT2D eigenvalue weighted by Crippen LogP contribution is 2.24. The number of hydrogen-bond donors (Lipinski definition) is 1. The number of aliphatic carboxylic acids is 1. The van der Waals surface area contributed by atoms with Gasteiger partial charge in [0, 0.05) is 25.1 Å². The molecular formula is C14H19N3O2. The van der Waals surface area contributed by atoms with Crippen LogP contribution in [0.2, 0.25) is 0 Å². The van der Waals surface area contributed by atoms with Crippen molar-refractivity contribution in [3.05, 3.63) is 23.8 Å². The maximum atomic E-state index is 10.7. The molecule has 5 nitrogen and oxygen atoms in total. The number of carboxylic acid groups (broad SMARTS) is 1. The van der Waals surface area contributed by atoms with Crippen molar-refractivity contribution in [1.82, 2.24) is 14.5 Å². The summed E-state index contributed by atoms with van der Waals surface area (Å²) in [5.74, 6) is -0.273. The molecule has 0 aliphatic carbocycles. The summed E-state index contributed by atoms with van der Waals surface area (Å²) in [6.45, 7) is 4.29. The average molecular weight is 261 g/mol. The molecule has 2 rings (SSSR count). The second-order valence-corrected chi connectivity index (χ2v) is 5.28. The molecule has 0 saturated carbocycles. The lowest BCUT2D eigenvalue weighted by Crippen LogP contribution is -2.01. The van der Waals surface area contributed by atoms with E-state index in [-0.39, 0.29) is 6.42 Å². The van der Waals surface area contributed by atoms with Crippen molar-refractivity contribution in [2.45, 2.75) is 33.1 Å². The molecule has 0 unspecified atom stereocenters. The minimum atomic E-state index is -0.778. The molecule has 0 aliphatic heterocycles. The first-order chi connectivity index (χ1) is 8.99. The Morgan fingerprint density at radius 3 is 2.79 bits per heavy atom. The molecule has 0 radical (unpaired) electrons. The van der Waals surface area contributed by atoms with Crippen molar-refractivity contribution < 1.29 is 9.90 Å². The molecule has 0 atom stereocenters. The number of fused-ring (bicyclic) bond motifs is 1. The van der Waals surface area contributed by atoms with Gasteiger partial charge in [-0.2, -0.15) is 0 Å². The first-order valence-corrected chi connectivity index (χ1v) is 6.48. The van der Waals surface area contributed by atoms with Crippen molar-refractivity contribution >= 4 is 17.0 Å². The summed E-state index contributed by atoms with van der Waals surface area (Å²) in [5, 5.41) is 9.86. The first-order valence-electron chi connectivity index (χ1n) is 6.48. The lowest BCUT2D eigenvalue weighted by atomic mass is 10.0. The number of aryl methyl sites for hydroxylation is 2. The van der Waals surface area contributed by atoms with Crippen LogP contribution in [0.3, 0.4) is 0 Å².